The fourth-order valence-corrected chi connectivity index (χ4v) is 5.22. The number of aromatic amines is 1. The van der Waals surface area contributed by atoms with Crippen molar-refractivity contribution >= 4 is 22.7 Å². The van der Waals surface area contributed by atoms with Crippen molar-refractivity contribution in [3.8, 4) is 0 Å². The van der Waals surface area contributed by atoms with Gasteiger partial charge in [0.1, 0.15) is 0 Å². The summed E-state index contributed by atoms with van der Waals surface area (Å²) in [4.78, 5) is 33.9. The average molecular weight is 460 g/mol. The predicted octanol–water partition coefficient (Wildman–Crippen LogP) is 5.37. The molecule has 3 aromatic rings. The molecule has 0 radical (unpaired) electrons. The van der Waals surface area contributed by atoms with Crippen molar-refractivity contribution in [3.63, 3.8) is 0 Å². The van der Waals surface area contributed by atoms with E-state index in [1.165, 1.54) is 22.2 Å². The summed E-state index contributed by atoms with van der Waals surface area (Å²) in [5.41, 5.74) is 4.87. The maximum absolute atomic E-state index is 13.5. The molecule has 2 amide bonds. The van der Waals surface area contributed by atoms with E-state index in [0.29, 0.717) is 25.4 Å². The summed E-state index contributed by atoms with van der Waals surface area (Å²) >= 11 is 0. The molecule has 1 N–H and O–H groups in total. The maximum Gasteiger partial charge on any atom is 0.225 e. The molecule has 34 heavy (non-hydrogen) atoms. The van der Waals surface area contributed by atoms with Crippen LogP contribution in [0.3, 0.4) is 0 Å². The zero-order chi connectivity index (χ0) is 24.2. The Hall–Kier alpha value is -3.08. The second kappa shape index (κ2) is 10.5. The standard InChI is InChI=1S/C29H37N3O2/c1-20(2)28-27-24(23-12-8-9-13-25(23)30-27)15-19-32(28)26(33)16-18-31(29(34)21(3)4)17-14-22-10-6-5-7-11-22/h5-13,20-21,28,30H,14-19H2,1-4H3. The fraction of sp³-hybridized carbons (Fsp3) is 0.448. The molecule has 0 saturated carbocycles. The van der Waals surface area contributed by atoms with Crippen LogP contribution in [-0.4, -0.2) is 46.2 Å². The summed E-state index contributed by atoms with van der Waals surface area (Å²) in [6, 6.07) is 18.7. The van der Waals surface area contributed by atoms with Crippen molar-refractivity contribution in [2.45, 2.75) is 53.0 Å². The molecule has 0 spiro atoms. The van der Waals surface area contributed by atoms with E-state index in [1.54, 1.807) is 0 Å². The van der Waals surface area contributed by atoms with Crippen molar-refractivity contribution in [2.24, 2.45) is 11.8 Å². The maximum atomic E-state index is 13.5. The first kappa shape index (κ1) is 24.1. The van der Waals surface area contributed by atoms with Gasteiger partial charge in [-0.25, -0.2) is 0 Å². The quantitative estimate of drug-likeness (QED) is 0.493. The molecule has 2 aromatic carbocycles. The van der Waals surface area contributed by atoms with Gasteiger partial charge in [0.15, 0.2) is 0 Å². The van der Waals surface area contributed by atoms with Crippen molar-refractivity contribution in [2.75, 3.05) is 19.6 Å². The van der Waals surface area contributed by atoms with Crippen molar-refractivity contribution in [1.29, 1.82) is 0 Å². The number of carbonyl (C=O) groups is 2. The molecule has 1 aliphatic rings. The molecule has 1 unspecified atom stereocenters. The van der Waals surface area contributed by atoms with Crippen LogP contribution in [0.4, 0.5) is 0 Å². The van der Waals surface area contributed by atoms with E-state index in [-0.39, 0.29) is 23.8 Å². The minimum atomic E-state index is -0.0850. The smallest absolute Gasteiger partial charge is 0.225 e. The second-order valence-corrected chi connectivity index (χ2v) is 10.1. The highest BCUT2D eigenvalue weighted by atomic mass is 16.2. The summed E-state index contributed by atoms with van der Waals surface area (Å²) in [5.74, 6) is 0.450. The number of para-hydroxylation sites is 1. The Morgan fingerprint density at radius 1 is 1.00 bits per heavy atom. The third-order valence-corrected chi connectivity index (χ3v) is 6.95. The monoisotopic (exact) mass is 459 g/mol. The highest BCUT2D eigenvalue weighted by molar-refractivity contribution is 5.86. The van der Waals surface area contributed by atoms with Gasteiger partial charge in [-0.05, 0) is 36.0 Å². The molecule has 4 rings (SSSR count). The first-order valence-corrected chi connectivity index (χ1v) is 12.6. The van der Waals surface area contributed by atoms with Gasteiger partial charge in [-0.1, -0.05) is 76.2 Å². The van der Waals surface area contributed by atoms with Gasteiger partial charge in [0.2, 0.25) is 11.8 Å². The van der Waals surface area contributed by atoms with Crippen LogP contribution in [0.1, 0.15) is 57.0 Å². The van der Waals surface area contributed by atoms with E-state index in [0.717, 1.165) is 24.9 Å². The SMILES string of the molecule is CC(C)C(=O)N(CCC(=O)N1CCc2c([nH]c3ccccc23)C1C(C)C)CCc1ccccc1. The van der Waals surface area contributed by atoms with E-state index in [1.807, 2.05) is 47.9 Å². The molecule has 0 aliphatic carbocycles. The third kappa shape index (κ3) is 5.03. The molecule has 1 atom stereocenters. The molecular weight excluding hydrogens is 422 g/mol. The molecule has 2 heterocycles. The van der Waals surface area contributed by atoms with Gasteiger partial charge in [-0.3, -0.25) is 9.59 Å². The van der Waals surface area contributed by atoms with Crippen LogP contribution in [0.2, 0.25) is 0 Å². The Balaban J connectivity index is 1.47. The number of fused-ring (bicyclic) bond motifs is 3. The number of nitrogens with one attached hydrogen (secondary N) is 1. The summed E-state index contributed by atoms with van der Waals surface area (Å²) in [7, 11) is 0. The lowest BCUT2D eigenvalue weighted by Gasteiger charge is -2.39. The normalized spacial score (nSPS) is 15.7. The number of rotatable bonds is 8. The van der Waals surface area contributed by atoms with Crippen molar-refractivity contribution in [3.05, 3.63) is 71.4 Å². The van der Waals surface area contributed by atoms with Crippen LogP contribution < -0.4 is 0 Å². The highest BCUT2D eigenvalue weighted by Gasteiger charge is 2.35. The van der Waals surface area contributed by atoms with Gasteiger partial charge in [0.25, 0.3) is 0 Å². The van der Waals surface area contributed by atoms with E-state index in [2.05, 4.69) is 49.2 Å². The lowest BCUT2D eigenvalue weighted by Crippen LogP contribution is -2.44. The van der Waals surface area contributed by atoms with Crippen LogP contribution in [0.15, 0.2) is 54.6 Å². The van der Waals surface area contributed by atoms with Gasteiger partial charge in [-0.2, -0.15) is 0 Å². The fourth-order valence-electron chi connectivity index (χ4n) is 5.22. The molecule has 1 aromatic heterocycles. The topological polar surface area (TPSA) is 56.4 Å². The lowest BCUT2D eigenvalue weighted by atomic mass is 9.90. The highest BCUT2D eigenvalue weighted by Crippen LogP contribution is 2.38. The van der Waals surface area contributed by atoms with E-state index >= 15 is 0 Å². The number of H-pyrrole nitrogens is 1. The third-order valence-electron chi connectivity index (χ3n) is 6.95. The van der Waals surface area contributed by atoms with E-state index < -0.39 is 0 Å². The Morgan fingerprint density at radius 3 is 2.41 bits per heavy atom. The van der Waals surface area contributed by atoms with Crippen molar-refractivity contribution < 1.29 is 9.59 Å². The van der Waals surface area contributed by atoms with Gasteiger partial charge < -0.3 is 14.8 Å². The van der Waals surface area contributed by atoms with Gasteiger partial charge >= 0.3 is 0 Å². The van der Waals surface area contributed by atoms with Gasteiger partial charge in [-0.15, -0.1) is 0 Å². The van der Waals surface area contributed by atoms with Crippen LogP contribution in [-0.2, 0) is 22.4 Å². The zero-order valence-electron chi connectivity index (χ0n) is 20.9. The molecule has 1 aliphatic heterocycles. The molecule has 0 fully saturated rings. The average Bonchev–Trinajstić information content (AvgIpc) is 3.22. The molecule has 0 bridgehead atoms. The number of aromatic nitrogens is 1. The first-order valence-electron chi connectivity index (χ1n) is 12.6. The number of benzene rings is 2. The van der Waals surface area contributed by atoms with Crippen molar-refractivity contribution in [1.82, 2.24) is 14.8 Å². The van der Waals surface area contributed by atoms with Crippen LogP contribution in [0.5, 0.6) is 0 Å². The van der Waals surface area contributed by atoms with E-state index in [4.69, 9.17) is 0 Å². The molecule has 5 nitrogen and oxygen atoms in total. The summed E-state index contributed by atoms with van der Waals surface area (Å²) in [6.45, 7) is 10.0. The zero-order valence-corrected chi connectivity index (χ0v) is 20.9. The minimum Gasteiger partial charge on any atom is -0.356 e. The Morgan fingerprint density at radius 2 is 1.71 bits per heavy atom. The number of carbonyl (C=O) groups excluding carboxylic acids is 2. The largest absolute Gasteiger partial charge is 0.356 e. The van der Waals surface area contributed by atoms with E-state index in [9.17, 15) is 9.59 Å². The molecule has 0 saturated heterocycles. The predicted molar refractivity (Wildman–Crippen MR) is 137 cm³/mol. The Kier molecular flexibility index (Phi) is 7.40. The van der Waals surface area contributed by atoms with Gasteiger partial charge in [0, 0.05) is 48.6 Å². The second-order valence-electron chi connectivity index (χ2n) is 10.1. The molecule has 180 valence electrons. The minimum absolute atomic E-state index is 0.0298. The number of hydrogen-bond acceptors (Lipinski definition) is 2. The number of nitrogens with zero attached hydrogens (tertiary/aromatic N) is 2. The number of hydrogen-bond donors (Lipinski definition) is 1. The lowest BCUT2D eigenvalue weighted by molar-refractivity contribution is -0.138. The number of amides is 2. The summed E-state index contributed by atoms with van der Waals surface area (Å²) < 4.78 is 0. The van der Waals surface area contributed by atoms with Gasteiger partial charge in [0.05, 0.1) is 6.04 Å². The molecule has 5 heteroatoms. The summed E-state index contributed by atoms with van der Waals surface area (Å²) in [6.07, 6.45) is 2.01. The van der Waals surface area contributed by atoms with Crippen LogP contribution in [0, 0.1) is 11.8 Å². The Bertz CT molecular complexity index is 1130. The molecular formula is C29H37N3O2. The Labute approximate surface area is 203 Å². The summed E-state index contributed by atoms with van der Waals surface area (Å²) in [5, 5.41) is 1.27. The first-order chi connectivity index (χ1) is 16.4. The van der Waals surface area contributed by atoms with Crippen LogP contribution >= 0.6 is 0 Å². The van der Waals surface area contributed by atoms with Crippen LogP contribution in [0.25, 0.3) is 10.9 Å².